The molecule has 3 heteroatoms. The number of hydrogen-bond acceptors (Lipinski definition) is 3. The highest BCUT2D eigenvalue weighted by molar-refractivity contribution is 5.30. The third-order valence-electron chi connectivity index (χ3n) is 3.22. The first-order valence-corrected chi connectivity index (χ1v) is 5.92. The van der Waals surface area contributed by atoms with Crippen molar-refractivity contribution in [1.29, 1.82) is 0 Å². The summed E-state index contributed by atoms with van der Waals surface area (Å²) in [6.45, 7) is 1.13. The van der Waals surface area contributed by atoms with Crippen LogP contribution in [0.1, 0.15) is 30.9 Å². The van der Waals surface area contributed by atoms with Crippen molar-refractivity contribution < 1.29 is 4.74 Å². The first-order valence-electron chi connectivity index (χ1n) is 5.92. The summed E-state index contributed by atoms with van der Waals surface area (Å²) in [6.07, 6.45) is 3.53. The molecule has 0 aromatic heterocycles. The van der Waals surface area contributed by atoms with Crippen LogP contribution in [0.15, 0.2) is 24.3 Å². The Morgan fingerprint density at radius 3 is 3.12 bits per heavy atom. The molecule has 88 valence electrons. The molecular formula is C13H20N2O. The maximum atomic E-state index is 6.20. The second-order valence-electron chi connectivity index (χ2n) is 4.41. The average Bonchev–Trinajstić information content (AvgIpc) is 2.82. The van der Waals surface area contributed by atoms with E-state index in [1.165, 1.54) is 12.8 Å². The quantitative estimate of drug-likeness (QED) is 0.814. The normalized spacial score (nSPS) is 22.0. The van der Waals surface area contributed by atoms with E-state index in [4.69, 9.17) is 10.5 Å². The molecule has 2 rings (SSSR count). The topological polar surface area (TPSA) is 47.3 Å². The fourth-order valence-corrected chi connectivity index (χ4v) is 2.27. The third kappa shape index (κ3) is 2.74. The van der Waals surface area contributed by atoms with E-state index in [2.05, 4.69) is 11.4 Å². The molecule has 0 bridgehead atoms. The van der Waals surface area contributed by atoms with Crippen LogP contribution in [0.25, 0.3) is 0 Å². The van der Waals surface area contributed by atoms with E-state index in [-0.39, 0.29) is 6.04 Å². The zero-order chi connectivity index (χ0) is 11.4. The van der Waals surface area contributed by atoms with Crippen molar-refractivity contribution >= 4 is 0 Å². The number of hydrogen-bond donors (Lipinski definition) is 2. The summed E-state index contributed by atoms with van der Waals surface area (Å²) in [5.74, 6) is 0.882. The van der Waals surface area contributed by atoms with Gasteiger partial charge in [0.05, 0.1) is 7.11 Å². The Kier molecular flexibility index (Phi) is 3.80. The van der Waals surface area contributed by atoms with Gasteiger partial charge < -0.3 is 15.8 Å². The lowest BCUT2D eigenvalue weighted by molar-refractivity contribution is 0.413. The number of methoxy groups -OCH3 is 1. The molecule has 16 heavy (non-hydrogen) atoms. The summed E-state index contributed by atoms with van der Waals surface area (Å²) in [5, 5.41) is 3.47. The number of benzene rings is 1. The van der Waals surface area contributed by atoms with Crippen LogP contribution in [0, 0.1) is 0 Å². The van der Waals surface area contributed by atoms with Gasteiger partial charge in [-0.3, -0.25) is 0 Å². The molecule has 0 aliphatic carbocycles. The van der Waals surface area contributed by atoms with Crippen LogP contribution in [0.3, 0.4) is 0 Å². The molecule has 1 aliphatic rings. The van der Waals surface area contributed by atoms with E-state index in [1.54, 1.807) is 7.11 Å². The van der Waals surface area contributed by atoms with Crippen molar-refractivity contribution in [1.82, 2.24) is 5.32 Å². The van der Waals surface area contributed by atoms with Gasteiger partial charge in [-0.1, -0.05) is 12.1 Å². The summed E-state index contributed by atoms with van der Waals surface area (Å²) in [7, 11) is 1.68. The Hall–Kier alpha value is -1.06. The summed E-state index contributed by atoms with van der Waals surface area (Å²) in [6, 6.07) is 8.73. The predicted octanol–water partition coefficient (Wildman–Crippen LogP) is 1.84. The van der Waals surface area contributed by atoms with Gasteiger partial charge in [0.2, 0.25) is 0 Å². The lowest BCUT2D eigenvalue weighted by atomic mass is 9.99. The molecule has 3 nitrogen and oxygen atoms in total. The molecule has 0 spiro atoms. The van der Waals surface area contributed by atoms with Gasteiger partial charge >= 0.3 is 0 Å². The molecule has 2 atom stereocenters. The zero-order valence-electron chi connectivity index (χ0n) is 9.78. The van der Waals surface area contributed by atoms with Crippen LogP contribution in [-0.2, 0) is 0 Å². The average molecular weight is 220 g/mol. The predicted molar refractivity (Wildman–Crippen MR) is 65.6 cm³/mol. The smallest absolute Gasteiger partial charge is 0.119 e. The highest BCUT2D eigenvalue weighted by Crippen LogP contribution is 2.23. The van der Waals surface area contributed by atoms with E-state index < -0.39 is 0 Å². The Morgan fingerprint density at radius 2 is 2.44 bits per heavy atom. The maximum Gasteiger partial charge on any atom is 0.119 e. The molecule has 1 aromatic rings. The van der Waals surface area contributed by atoms with E-state index in [0.717, 1.165) is 24.3 Å². The standard InChI is InChI=1S/C13H20N2O/c1-16-12-6-2-4-10(8-12)13(14)9-11-5-3-7-15-11/h2,4,6,8,11,13,15H,3,5,7,9,14H2,1H3. The summed E-state index contributed by atoms with van der Waals surface area (Å²) in [5.41, 5.74) is 7.36. The van der Waals surface area contributed by atoms with Crippen LogP contribution in [0.4, 0.5) is 0 Å². The van der Waals surface area contributed by atoms with Gasteiger partial charge in [0, 0.05) is 12.1 Å². The highest BCUT2D eigenvalue weighted by atomic mass is 16.5. The minimum absolute atomic E-state index is 0.102. The number of nitrogens with two attached hydrogens (primary N) is 1. The van der Waals surface area contributed by atoms with E-state index in [0.29, 0.717) is 6.04 Å². The number of ether oxygens (including phenoxy) is 1. The van der Waals surface area contributed by atoms with Gasteiger partial charge in [0.15, 0.2) is 0 Å². The highest BCUT2D eigenvalue weighted by Gasteiger charge is 2.18. The maximum absolute atomic E-state index is 6.20. The lowest BCUT2D eigenvalue weighted by Crippen LogP contribution is -2.26. The molecule has 1 heterocycles. The largest absolute Gasteiger partial charge is 0.497 e. The molecule has 0 saturated carbocycles. The second kappa shape index (κ2) is 5.32. The molecule has 1 fully saturated rings. The zero-order valence-corrected chi connectivity index (χ0v) is 9.78. The van der Waals surface area contributed by atoms with Gasteiger partial charge in [0.25, 0.3) is 0 Å². The number of nitrogens with one attached hydrogen (secondary N) is 1. The van der Waals surface area contributed by atoms with Gasteiger partial charge in [-0.25, -0.2) is 0 Å². The summed E-state index contributed by atoms with van der Waals surface area (Å²) in [4.78, 5) is 0. The van der Waals surface area contributed by atoms with Crippen molar-refractivity contribution in [2.75, 3.05) is 13.7 Å². The number of rotatable bonds is 4. The first-order chi connectivity index (χ1) is 7.79. The van der Waals surface area contributed by atoms with Crippen LogP contribution in [0.5, 0.6) is 5.75 Å². The molecule has 3 N–H and O–H groups in total. The van der Waals surface area contributed by atoms with Crippen molar-refractivity contribution in [3.8, 4) is 5.75 Å². The van der Waals surface area contributed by atoms with Gasteiger partial charge in [-0.2, -0.15) is 0 Å². The van der Waals surface area contributed by atoms with Crippen molar-refractivity contribution in [3.05, 3.63) is 29.8 Å². The SMILES string of the molecule is COc1cccc(C(N)CC2CCCN2)c1. The fraction of sp³-hybridized carbons (Fsp3) is 0.538. The van der Waals surface area contributed by atoms with Crippen LogP contribution in [-0.4, -0.2) is 19.7 Å². The molecular weight excluding hydrogens is 200 g/mol. The van der Waals surface area contributed by atoms with Crippen LogP contribution < -0.4 is 15.8 Å². The molecule has 1 aromatic carbocycles. The van der Waals surface area contributed by atoms with E-state index in [1.807, 2.05) is 18.2 Å². The van der Waals surface area contributed by atoms with Gasteiger partial charge in [0.1, 0.15) is 5.75 Å². The molecule has 0 amide bonds. The van der Waals surface area contributed by atoms with Crippen LogP contribution in [0.2, 0.25) is 0 Å². The van der Waals surface area contributed by atoms with E-state index in [9.17, 15) is 0 Å². The van der Waals surface area contributed by atoms with Crippen LogP contribution >= 0.6 is 0 Å². The summed E-state index contributed by atoms with van der Waals surface area (Å²) >= 11 is 0. The molecule has 1 saturated heterocycles. The lowest BCUT2D eigenvalue weighted by Gasteiger charge is -2.17. The minimum atomic E-state index is 0.102. The molecule has 2 unspecified atom stereocenters. The van der Waals surface area contributed by atoms with E-state index >= 15 is 0 Å². The fourth-order valence-electron chi connectivity index (χ4n) is 2.27. The Morgan fingerprint density at radius 1 is 1.56 bits per heavy atom. The Balaban J connectivity index is 1.98. The van der Waals surface area contributed by atoms with Gasteiger partial charge in [-0.05, 0) is 43.5 Å². The monoisotopic (exact) mass is 220 g/mol. The Bertz CT molecular complexity index is 334. The second-order valence-corrected chi connectivity index (χ2v) is 4.41. The molecule has 0 radical (unpaired) electrons. The first kappa shape index (κ1) is 11.4. The summed E-state index contributed by atoms with van der Waals surface area (Å²) < 4.78 is 5.20. The Labute approximate surface area is 97.0 Å². The third-order valence-corrected chi connectivity index (χ3v) is 3.22. The van der Waals surface area contributed by atoms with Crippen molar-refractivity contribution in [2.24, 2.45) is 5.73 Å². The van der Waals surface area contributed by atoms with Crippen molar-refractivity contribution in [3.63, 3.8) is 0 Å². The van der Waals surface area contributed by atoms with Crippen molar-refractivity contribution in [2.45, 2.75) is 31.3 Å². The molecule has 1 aliphatic heterocycles. The minimum Gasteiger partial charge on any atom is -0.497 e. The van der Waals surface area contributed by atoms with Gasteiger partial charge in [-0.15, -0.1) is 0 Å².